The molecule has 0 aliphatic heterocycles. The zero-order chi connectivity index (χ0) is 20.2. The third kappa shape index (κ3) is 5.79. The minimum absolute atomic E-state index is 0.0371. The van der Waals surface area contributed by atoms with Crippen molar-refractivity contribution in [3.8, 4) is 0 Å². The zero-order valence-electron chi connectivity index (χ0n) is 14.9. The van der Waals surface area contributed by atoms with Crippen LogP contribution in [0.25, 0.3) is 5.57 Å². The number of hydrogen-bond acceptors (Lipinski definition) is 4. The van der Waals surface area contributed by atoms with Crippen LogP contribution in [0.4, 0.5) is 0 Å². The molecule has 2 rings (SSSR count). The summed E-state index contributed by atoms with van der Waals surface area (Å²) < 4.78 is 23.4. The second kappa shape index (κ2) is 8.87. The van der Waals surface area contributed by atoms with Crippen LogP contribution in [0.5, 0.6) is 0 Å². The van der Waals surface area contributed by atoms with E-state index in [1.165, 1.54) is 19.1 Å². The molecule has 2 aromatic rings. The first-order chi connectivity index (χ1) is 12.6. The summed E-state index contributed by atoms with van der Waals surface area (Å²) in [6.07, 6.45) is 1.58. The third-order valence-corrected chi connectivity index (χ3v) is 5.64. The van der Waals surface area contributed by atoms with E-state index in [9.17, 15) is 18.0 Å². The first-order valence-electron chi connectivity index (χ1n) is 8.12. The molecule has 2 aromatic carbocycles. The van der Waals surface area contributed by atoms with Crippen molar-refractivity contribution in [1.82, 2.24) is 0 Å². The van der Waals surface area contributed by atoms with Crippen molar-refractivity contribution in [3.05, 3.63) is 70.3 Å². The Morgan fingerprint density at radius 3 is 1.81 bits per heavy atom. The summed E-state index contributed by atoms with van der Waals surface area (Å²) >= 11 is 9.96. The summed E-state index contributed by atoms with van der Waals surface area (Å²) in [6.45, 7) is 1.46. The van der Waals surface area contributed by atoms with Crippen LogP contribution in [0, 0.1) is 0 Å². The van der Waals surface area contributed by atoms with Gasteiger partial charge in [0, 0.05) is 23.3 Å². The number of carbonyl (C=O) groups is 2. The first kappa shape index (κ1) is 21.4. The van der Waals surface area contributed by atoms with Gasteiger partial charge in [0.05, 0.1) is 4.90 Å². The van der Waals surface area contributed by atoms with Crippen molar-refractivity contribution in [2.45, 2.75) is 24.7 Å². The molecule has 0 atom stereocenters. The van der Waals surface area contributed by atoms with E-state index in [0.29, 0.717) is 21.7 Å². The lowest BCUT2D eigenvalue weighted by molar-refractivity contribution is -0.116. The molecule has 4 nitrogen and oxygen atoms in total. The van der Waals surface area contributed by atoms with E-state index in [4.69, 9.17) is 11.6 Å². The van der Waals surface area contributed by atoms with E-state index in [0.717, 1.165) is 11.8 Å². The monoisotopic (exact) mass is 422 g/mol. The molecule has 0 fully saturated rings. The van der Waals surface area contributed by atoms with Crippen LogP contribution >= 0.6 is 24.2 Å². The van der Waals surface area contributed by atoms with Gasteiger partial charge in [-0.1, -0.05) is 35.9 Å². The Morgan fingerprint density at radius 1 is 0.926 bits per heavy atom. The van der Waals surface area contributed by atoms with E-state index in [2.05, 4.69) is 12.6 Å². The van der Waals surface area contributed by atoms with Crippen LogP contribution in [0.1, 0.15) is 30.9 Å². The second-order valence-corrected chi connectivity index (χ2v) is 9.02. The first-order valence-corrected chi connectivity index (χ1v) is 10.8. The van der Waals surface area contributed by atoms with Gasteiger partial charge in [0.25, 0.3) is 0 Å². The lowest BCUT2D eigenvalue weighted by atomic mass is 9.91. The lowest BCUT2D eigenvalue weighted by Gasteiger charge is -2.15. The molecule has 0 saturated carbocycles. The fraction of sp³-hybridized carbons (Fsp3) is 0.200. The number of sulfone groups is 1. The van der Waals surface area contributed by atoms with Crippen LogP contribution < -0.4 is 0 Å². The smallest absolute Gasteiger partial charge is 0.212 e. The standard InChI is InChI=1S/C20H19ClO4S2/c1-13(22)3-12-18(20(23)26)19(14-4-8-16(21)9-5-14)15-6-10-17(11-7-15)27(2,24)25/h4-11H,3,12H2,1-2H3,(H,23,26). The summed E-state index contributed by atoms with van der Waals surface area (Å²) in [4.78, 5) is 23.8. The number of ketones is 1. The number of thiol groups is 1. The molecule has 27 heavy (non-hydrogen) atoms. The summed E-state index contributed by atoms with van der Waals surface area (Å²) in [7, 11) is -3.33. The largest absolute Gasteiger partial charge is 0.300 e. The number of halogens is 1. The van der Waals surface area contributed by atoms with Gasteiger partial charge in [0.2, 0.25) is 5.12 Å². The number of hydrogen-bond donors (Lipinski definition) is 1. The predicted octanol–water partition coefficient (Wildman–Crippen LogP) is 4.37. The second-order valence-electron chi connectivity index (χ2n) is 6.16. The normalized spacial score (nSPS) is 12.4. The van der Waals surface area contributed by atoms with Crippen molar-refractivity contribution < 1.29 is 18.0 Å². The quantitative estimate of drug-likeness (QED) is 0.531. The molecule has 0 aliphatic carbocycles. The molecule has 142 valence electrons. The summed E-state index contributed by atoms with van der Waals surface area (Å²) in [5.41, 5.74) is 2.38. The minimum atomic E-state index is -3.33. The van der Waals surface area contributed by atoms with Gasteiger partial charge < -0.3 is 4.79 Å². The van der Waals surface area contributed by atoms with Crippen molar-refractivity contribution in [3.63, 3.8) is 0 Å². The number of carbonyl (C=O) groups excluding carboxylic acids is 2. The predicted molar refractivity (Wildman–Crippen MR) is 111 cm³/mol. The van der Waals surface area contributed by atoms with E-state index in [1.807, 2.05) is 0 Å². The van der Waals surface area contributed by atoms with E-state index in [1.54, 1.807) is 36.4 Å². The van der Waals surface area contributed by atoms with Crippen LogP contribution in [0.3, 0.4) is 0 Å². The van der Waals surface area contributed by atoms with Crippen molar-refractivity contribution in [1.29, 1.82) is 0 Å². The Hall–Kier alpha value is -1.89. The van der Waals surface area contributed by atoms with Gasteiger partial charge >= 0.3 is 0 Å². The van der Waals surface area contributed by atoms with Crippen LogP contribution in [-0.2, 0) is 19.4 Å². The molecule has 0 spiro atoms. The molecular weight excluding hydrogens is 404 g/mol. The summed E-state index contributed by atoms with van der Waals surface area (Å²) in [6, 6.07) is 13.2. The zero-order valence-corrected chi connectivity index (χ0v) is 17.4. The molecule has 0 saturated heterocycles. The SMILES string of the molecule is CC(=O)CCC(C(=O)S)=C(c1ccc(Cl)cc1)c1ccc(S(C)(=O)=O)cc1. The maximum atomic E-state index is 12.2. The highest BCUT2D eigenvalue weighted by molar-refractivity contribution is 7.97. The number of benzene rings is 2. The average molecular weight is 423 g/mol. The van der Waals surface area contributed by atoms with Gasteiger partial charge in [-0.2, -0.15) is 0 Å². The topological polar surface area (TPSA) is 68.3 Å². The Bertz CT molecular complexity index is 989. The third-order valence-electron chi connectivity index (χ3n) is 3.99. The van der Waals surface area contributed by atoms with Gasteiger partial charge in [0.15, 0.2) is 9.84 Å². The summed E-state index contributed by atoms with van der Waals surface area (Å²) in [5, 5.41) is 0.112. The Kier molecular flexibility index (Phi) is 7.03. The molecule has 0 amide bonds. The van der Waals surface area contributed by atoms with Gasteiger partial charge in [-0.05, 0) is 54.3 Å². The molecule has 7 heteroatoms. The van der Waals surface area contributed by atoms with Crippen LogP contribution in [0.2, 0.25) is 5.02 Å². The summed E-state index contributed by atoms with van der Waals surface area (Å²) in [5.74, 6) is -0.0371. The minimum Gasteiger partial charge on any atom is -0.300 e. The molecule has 0 unspecified atom stereocenters. The Balaban J connectivity index is 2.68. The van der Waals surface area contributed by atoms with Crippen LogP contribution in [0.15, 0.2) is 59.0 Å². The average Bonchev–Trinajstić information content (AvgIpc) is 2.58. The van der Waals surface area contributed by atoms with Crippen molar-refractivity contribution in [2.75, 3.05) is 6.26 Å². The van der Waals surface area contributed by atoms with Gasteiger partial charge in [-0.3, -0.25) is 4.79 Å². The van der Waals surface area contributed by atoms with Crippen LogP contribution in [-0.4, -0.2) is 25.6 Å². The molecule has 0 N–H and O–H groups in total. The van der Waals surface area contributed by atoms with Crippen molar-refractivity contribution >= 4 is 50.5 Å². The molecular formula is C20H19ClO4S2. The molecule has 0 bridgehead atoms. The highest BCUT2D eigenvalue weighted by Crippen LogP contribution is 2.32. The highest BCUT2D eigenvalue weighted by Gasteiger charge is 2.18. The lowest BCUT2D eigenvalue weighted by Crippen LogP contribution is -2.04. The number of rotatable bonds is 7. The van der Waals surface area contributed by atoms with Crippen molar-refractivity contribution in [2.24, 2.45) is 0 Å². The maximum absolute atomic E-state index is 12.2. The molecule has 0 radical (unpaired) electrons. The van der Waals surface area contributed by atoms with E-state index in [-0.39, 0.29) is 23.5 Å². The molecule has 0 aliphatic rings. The Morgan fingerprint density at radius 2 is 1.41 bits per heavy atom. The van der Waals surface area contributed by atoms with E-state index >= 15 is 0 Å². The fourth-order valence-electron chi connectivity index (χ4n) is 2.64. The van der Waals surface area contributed by atoms with E-state index < -0.39 is 15.0 Å². The Labute approximate surface area is 169 Å². The molecule has 0 heterocycles. The van der Waals surface area contributed by atoms with Gasteiger partial charge in [0.1, 0.15) is 5.78 Å². The maximum Gasteiger partial charge on any atom is 0.212 e. The van der Waals surface area contributed by atoms with Gasteiger partial charge in [-0.25, -0.2) is 8.42 Å². The molecule has 0 aromatic heterocycles. The number of Topliss-reactive ketones (excluding diaryl/α,β-unsaturated/α-hetero) is 1. The fourth-order valence-corrected chi connectivity index (χ4v) is 3.62. The van der Waals surface area contributed by atoms with Gasteiger partial charge in [-0.15, -0.1) is 12.6 Å². The highest BCUT2D eigenvalue weighted by atomic mass is 35.5.